The van der Waals surface area contributed by atoms with Gasteiger partial charge in [0.05, 0.1) is 11.7 Å². The van der Waals surface area contributed by atoms with E-state index in [2.05, 4.69) is 35.0 Å². The fraction of sp³-hybridized carbons (Fsp3) is 0.476. The summed E-state index contributed by atoms with van der Waals surface area (Å²) in [5.74, 6) is -0.859. The van der Waals surface area contributed by atoms with Crippen molar-refractivity contribution in [3.63, 3.8) is 0 Å². The molecule has 1 aromatic carbocycles. The van der Waals surface area contributed by atoms with E-state index in [9.17, 15) is 9.90 Å². The van der Waals surface area contributed by atoms with E-state index >= 15 is 0 Å². The highest BCUT2D eigenvalue weighted by Crippen LogP contribution is 2.24. The summed E-state index contributed by atoms with van der Waals surface area (Å²) in [5, 5.41) is 13.1. The third kappa shape index (κ3) is 4.00. The molecule has 2 heterocycles. The highest BCUT2D eigenvalue weighted by Gasteiger charge is 2.23. The Bertz CT molecular complexity index is 789. The maximum Gasteiger partial charge on any atom is 0.337 e. The number of carboxylic acid groups (broad SMARTS) is 1. The molecule has 1 unspecified atom stereocenters. The Hall–Kier alpha value is -2.11. The molecule has 0 spiro atoms. The third-order valence-electron chi connectivity index (χ3n) is 5.24. The Balaban J connectivity index is 1.82. The average molecular weight is 356 g/mol. The maximum absolute atomic E-state index is 11.9. The van der Waals surface area contributed by atoms with Crippen LogP contribution in [0.1, 0.15) is 51.3 Å². The summed E-state index contributed by atoms with van der Waals surface area (Å²) in [6.07, 6.45) is 2.43. The SMILES string of the molecule is Cc1cccc(Cn2c(C)c(CNCC3CCCO3)c(C(=O)O)c2C)c1. The van der Waals surface area contributed by atoms with Gasteiger partial charge >= 0.3 is 5.97 Å². The zero-order valence-corrected chi connectivity index (χ0v) is 15.8. The van der Waals surface area contributed by atoms with E-state index in [0.29, 0.717) is 18.7 Å². The second-order valence-corrected chi connectivity index (χ2v) is 7.17. The summed E-state index contributed by atoms with van der Waals surface area (Å²) < 4.78 is 7.75. The first-order valence-corrected chi connectivity index (χ1v) is 9.27. The minimum Gasteiger partial charge on any atom is -0.478 e. The Kier molecular flexibility index (Phi) is 5.79. The van der Waals surface area contributed by atoms with Crippen molar-refractivity contribution >= 4 is 5.97 Å². The van der Waals surface area contributed by atoms with Crippen LogP contribution in [0, 0.1) is 20.8 Å². The Labute approximate surface area is 155 Å². The van der Waals surface area contributed by atoms with Crippen molar-refractivity contribution in [1.82, 2.24) is 9.88 Å². The van der Waals surface area contributed by atoms with Crippen LogP contribution in [-0.4, -0.2) is 34.9 Å². The second kappa shape index (κ2) is 8.06. The lowest BCUT2D eigenvalue weighted by atomic mass is 10.1. The van der Waals surface area contributed by atoms with Crippen molar-refractivity contribution in [3.8, 4) is 0 Å². The number of benzene rings is 1. The van der Waals surface area contributed by atoms with Crippen molar-refractivity contribution in [3.05, 3.63) is 57.9 Å². The molecular formula is C21H28N2O3. The number of nitrogens with zero attached hydrogens (tertiary/aromatic N) is 1. The molecule has 5 nitrogen and oxygen atoms in total. The van der Waals surface area contributed by atoms with Gasteiger partial charge in [-0.3, -0.25) is 0 Å². The molecule has 0 aliphatic carbocycles. The topological polar surface area (TPSA) is 63.5 Å². The largest absolute Gasteiger partial charge is 0.478 e. The van der Waals surface area contributed by atoms with Crippen LogP contribution < -0.4 is 5.32 Å². The van der Waals surface area contributed by atoms with Gasteiger partial charge in [0.25, 0.3) is 0 Å². The molecule has 1 atom stereocenters. The minimum atomic E-state index is -0.859. The fourth-order valence-corrected chi connectivity index (χ4v) is 3.84. The lowest BCUT2D eigenvalue weighted by molar-refractivity contribution is 0.0694. The van der Waals surface area contributed by atoms with Crippen LogP contribution in [0.15, 0.2) is 24.3 Å². The van der Waals surface area contributed by atoms with Crippen LogP contribution in [0.5, 0.6) is 0 Å². The van der Waals surface area contributed by atoms with Gasteiger partial charge in [0.2, 0.25) is 0 Å². The molecule has 26 heavy (non-hydrogen) atoms. The van der Waals surface area contributed by atoms with Gasteiger partial charge < -0.3 is 19.7 Å². The molecule has 1 aromatic heterocycles. The molecule has 3 rings (SSSR count). The number of rotatable bonds is 7. The number of ether oxygens (including phenoxy) is 1. The van der Waals surface area contributed by atoms with Gasteiger partial charge in [-0.2, -0.15) is 0 Å². The van der Waals surface area contributed by atoms with E-state index in [1.807, 2.05) is 19.9 Å². The number of hydrogen-bond donors (Lipinski definition) is 2. The molecule has 0 amide bonds. The number of carbonyl (C=O) groups is 1. The summed E-state index contributed by atoms with van der Waals surface area (Å²) in [6.45, 7) is 8.81. The molecule has 140 valence electrons. The standard InChI is InChI=1S/C21H28N2O3/c1-14-6-4-7-17(10-14)13-23-15(2)19(20(16(23)3)21(24)25)12-22-11-18-8-5-9-26-18/h4,6-7,10,18,22H,5,8-9,11-13H2,1-3H3,(H,24,25). The first-order valence-electron chi connectivity index (χ1n) is 9.27. The van der Waals surface area contributed by atoms with E-state index in [0.717, 1.165) is 42.9 Å². The summed E-state index contributed by atoms with van der Waals surface area (Å²) in [4.78, 5) is 11.9. The van der Waals surface area contributed by atoms with Gasteiger partial charge in [-0.05, 0) is 39.2 Å². The van der Waals surface area contributed by atoms with Crippen LogP contribution in [0.2, 0.25) is 0 Å². The van der Waals surface area contributed by atoms with E-state index in [1.54, 1.807) is 0 Å². The molecule has 5 heteroatoms. The second-order valence-electron chi connectivity index (χ2n) is 7.17. The number of aryl methyl sites for hydroxylation is 1. The van der Waals surface area contributed by atoms with Gasteiger partial charge in [-0.15, -0.1) is 0 Å². The van der Waals surface area contributed by atoms with Crippen LogP contribution in [0.4, 0.5) is 0 Å². The lowest BCUT2D eigenvalue weighted by Crippen LogP contribution is -2.26. The lowest BCUT2D eigenvalue weighted by Gasteiger charge is -2.12. The molecule has 0 radical (unpaired) electrons. The molecule has 0 saturated carbocycles. The van der Waals surface area contributed by atoms with Gasteiger partial charge in [0.1, 0.15) is 0 Å². The van der Waals surface area contributed by atoms with Gasteiger partial charge in [-0.1, -0.05) is 29.8 Å². The summed E-state index contributed by atoms with van der Waals surface area (Å²) in [5.41, 5.74) is 5.52. The normalized spacial score (nSPS) is 17.0. The summed E-state index contributed by atoms with van der Waals surface area (Å²) >= 11 is 0. The van der Waals surface area contributed by atoms with E-state index in [4.69, 9.17) is 4.74 Å². The van der Waals surface area contributed by atoms with Crippen LogP contribution in [0.25, 0.3) is 0 Å². The Morgan fingerprint density at radius 2 is 2.12 bits per heavy atom. The summed E-state index contributed by atoms with van der Waals surface area (Å²) in [6, 6.07) is 8.35. The van der Waals surface area contributed by atoms with E-state index < -0.39 is 5.97 Å². The first-order chi connectivity index (χ1) is 12.5. The number of carboxylic acids is 1. The van der Waals surface area contributed by atoms with E-state index in [1.165, 1.54) is 11.1 Å². The molecule has 1 fully saturated rings. The van der Waals surface area contributed by atoms with Crippen molar-refractivity contribution in [1.29, 1.82) is 0 Å². The predicted octanol–water partition coefficient (Wildman–Crippen LogP) is 3.43. The molecule has 1 aliphatic heterocycles. The van der Waals surface area contributed by atoms with Crippen molar-refractivity contribution < 1.29 is 14.6 Å². The number of hydrogen-bond acceptors (Lipinski definition) is 3. The van der Waals surface area contributed by atoms with Crippen LogP contribution in [0.3, 0.4) is 0 Å². The van der Waals surface area contributed by atoms with Crippen LogP contribution >= 0.6 is 0 Å². The molecule has 1 saturated heterocycles. The van der Waals surface area contributed by atoms with Gasteiger partial charge in [0.15, 0.2) is 0 Å². The van der Waals surface area contributed by atoms with E-state index in [-0.39, 0.29) is 6.10 Å². The Morgan fingerprint density at radius 1 is 1.31 bits per heavy atom. The highest BCUT2D eigenvalue weighted by molar-refractivity contribution is 5.91. The number of aromatic carboxylic acids is 1. The van der Waals surface area contributed by atoms with Crippen LogP contribution in [-0.2, 0) is 17.8 Å². The van der Waals surface area contributed by atoms with Gasteiger partial charge in [0, 0.05) is 43.2 Å². The van der Waals surface area contributed by atoms with Crippen molar-refractivity contribution in [2.24, 2.45) is 0 Å². The monoisotopic (exact) mass is 356 g/mol. The van der Waals surface area contributed by atoms with Crippen molar-refractivity contribution in [2.45, 2.75) is 52.8 Å². The van der Waals surface area contributed by atoms with Crippen molar-refractivity contribution in [2.75, 3.05) is 13.2 Å². The quantitative estimate of drug-likeness (QED) is 0.798. The molecule has 0 bridgehead atoms. The molecule has 1 aliphatic rings. The maximum atomic E-state index is 11.9. The highest BCUT2D eigenvalue weighted by atomic mass is 16.5. The number of nitrogens with one attached hydrogen (secondary N) is 1. The average Bonchev–Trinajstić information content (AvgIpc) is 3.18. The minimum absolute atomic E-state index is 0.249. The smallest absolute Gasteiger partial charge is 0.337 e. The fourth-order valence-electron chi connectivity index (χ4n) is 3.84. The molecule has 2 aromatic rings. The zero-order valence-electron chi connectivity index (χ0n) is 15.8. The third-order valence-corrected chi connectivity index (χ3v) is 5.24. The predicted molar refractivity (Wildman–Crippen MR) is 102 cm³/mol. The summed E-state index contributed by atoms with van der Waals surface area (Å²) in [7, 11) is 0. The first kappa shape index (κ1) is 18.7. The zero-order chi connectivity index (χ0) is 18.7. The van der Waals surface area contributed by atoms with Gasteiger partial charge in [-0.25, -0.2) is 4.79 Å². The Morgan fingerprint density at radius 3 is 2.77 bits per heavy atom. The molecule has 2 N–H and O–H groups in total. The number of aromatic nitrogens is 1. The molecular weight excluding hydrogens is 328 g/mol.